The number of nitrogens with zero attached hydrogens (tertiary/aromatic N) is 3. The van der Waals surface area contributed by atoms with Crippen LogP contribution in [-0.4, -0.2) is 31.4 Å². The van der Waals surface area contributed by atoms with Crippen molar-refractivity contribution in [1.82, 2.24) is 14.8 Å². The van der Waals surface area contributed by atoms with Gasteiger partial charge in [-0.25, -0.2) is 4.68 Å². The Morgan fingerprint density at radius 2 is 2.10 bits per heavy atom. The number of Topliss-reactive ketones (excluding diaryl/α,β-unsaturated/α-hetero) is 1. The molecule has 0 unspecified atom stereocenters. The number of ketones is 1. The van der Waals surface area contributed by atoms with Crippen molar-refractivity contribution >= 4 is 23.3 Å². The summed E-state index contributed by atoms with van der Waals surface area (Å²) in [5.41, 5.74) is -0.563. The summed E-state index contributed by atoms with van der Waals surface area (Å²) in [5.74, 6) is -0.390. The highest BCUT2D eigenvalue weighted by atomic mass is 35.5. The minimum absolute atomic E-state index is 0.131. The first kappa shape index (κ1) is 14.0. The van der Waals surface area contributed by atoms with Crippen molar-refractivity contribution in [3.05, 3.63) is 41.2 Å². The van der Waals surface area contributed by atoms with Crippen molar-refractivity contribution in [1.29, 1.82) is 0 Å². The number of hydrogen-bond donors (Lipinski definition) is 2. The van der Waals surface area contributed by atoms with E-state index in [2.05, 4.69) is 15.4 Å². The predicted molar refractivity (Wildman–Crippen MR) is 78.0 cm³/mol. The first-order valence-electron chi connectivity index (χ1n) is 6.56. The molecule has 3 atom stereocenters. The molecule has 1 aromatic heterocycles. The molecular formula is C14H15ClN4O2. The van der Waals surface area contributed by atoms with Gasteiger partial charge in [0.1, 0.15) is 17.8 Å². The molecule has 2 aromatic rings. The van der Waals surface area contributed by atoms with Crippen LogP contribution < -0.4 is 5.32 Å². The molecule has 1 aromatic carbocycles. The smallest absolute Gasteiger partial charge is 0.223 e. The lowest BCUT2D eigenvalue weighted by atomic mass is 9.81. The molecule has 7 heteroatoms. The summed E-state index contributed by atoms with van der Waals surface area (Å²) in [7, 11) is 0. The SMILES string of the molecule is CC(=O)[C@@H]1[C@H](c2ccc(Cl)cc2)n2ncnc2N[C@]1(C)O. The lowest BCUT2D eigenvalue weighted by Crippen LogP contribution is -2.54. The van der Waals surface area contributed by atoms with Crippen LogP contribution in [0.2, 0.25) is 5.02 Å². The largest absolute Gasteiger partial charge is 0.370 e. The van der Waals surface area contributed by atoms with Gasteiger partial charge < -0.3 is 10.4 Å². The normalized spacial score (nSPS) is 27.8. The number of aromatic nitrogens is 3. The number of benzene rings is 1. The molecule has 6 nitrogen and oxygen atoms in total. The first-order chi connectivity index (χ1) is 9.90. The first-order valence-corrected chi connectivity index (χ1v) is 6.94. The van der Waals surface area contributed by atoms with Crippen molar-refractivity contribution in [2.75, 3.05) is 5.32 Å². The molecule has 0 saturated heterocycles. The van der Waals surface area contributed by atoms with Crippen LogP contribution in [0.5, 0.6) is 0 Å². The quantitative estimate of drug-likeness (QED) is 0.885. The molecule has 1 aliphatic rings. The van der Waals surface area contributed by atoms with Gasteiger partial charge in [-0.3, -0.25) is 4.79 Å². The topological polar surface area (TPSA) is 80.0 Å². The molecule has 110 valence electrons. The number of anilines is 1. The van der Waals surface area contributed by atoms with Gasteiger partial charge in [-0.05, 0) is 31.5 Å². The second-order valence-electron chi connectivity index (χ2n) is 5.39. The highest BCUT2D eigenvalue weighted by molar-refractivity contribution is 6.30. The Balaban J connectivity index is 2.18. The van der Waals surface area contributed by atoms with E-state index < -0.39 is 17.7 Å². The number of hydrogen-bond acceptors (Lipinski definition) is 5. The zero-order chi connectivity index (χ0) is 15.2. The van der Waals surface area contributed by atoms with Gasteiger partial charge in [-0.2, -0.15) is 10.1 Å². The van der Waals surface area contributed by atoms with Gasteiger partial charge in [0, 0.05) is 5.02 Å². The molecule has 21 heavy (non-hydrogen) atoms. The van der Waals surface area contributed by atoms with Gasteiger partial charge in [0.05, 0.1) is 12.0 Å². The van der Waals surface area contributed by atoms with Crippen molar-refractivity contribution in [2.24, 2.45) is 5.92 Å². The molecule has 0 amide bonds. The lowest BCUT2D eigenvalue weighted by molar-refractivity contribution is -0.130. The second-order valence-corrected chi connectivity index (χ2v) is 5.82. The van der Waals surface area contributed by atoms with E-state index in [0.29, 0.717) is 11.0 Å². The van der Waals surface area contributed by atoms with Crippen LogP contribution in [-0.2, 0) is 4.79 Å². The average molecular weight is 307 g/mol. The van der Waals surface area contributed by atoms with E-state index in [1.165, 1.54) is 13.3 Å². The Morgan fingerprint density at radius 3 is 2.71 bits per heavy atom. The standard InChI is InChI=1S/C14H15ClN4O2/c1-8(20)11-12(9-3-5-10(15)6-4-9)19-13(16-7-17-19)18-14(11,2)21/h3-7,11-12,21H,1-2H3,(H,16,17,18)/t11-,12+,14-/m1/s1. The number of carbonyl (C=O) groups excluding carboxylic acids is 1. The monoisotopic (exact) mass is 306 g/mol. The van der Waals surface area contributed by atoms with E-state index in [4.69, 9.17) is 11.6 Å². The summed E-state index contributed by atoms with van der Waals surface area (Å²) < 4.78 is 1.62. The summed E-state index contributed by atoms with van der Waals surface area (Å²) >= 11 is 5.92. The second kappa shape index (κ2) is 4.82. The molecule has 0 bridgehead atoms. The molecule has 0 radical (unpaired) electrons. The number of rotatable bonds is 2. The third kappa shape index (κ3) is 2.30. The van der Waals surface area contributed by atoms with Gasteiger partial charge in [-0.15, -0.1) is 0 Å². The third-order valence-corrected chi connectivity index (χ3v) is 4.02. The number of fused-ring (bicyclic) bond motifs is 1. The fourth-order valence-electron chi connectivity index (χ4n) is 2.91. The lowest BCUT2D eigenvalue weighted by Gasteiger charge is -2.42. The van der Waals surface area contributed by atoms with Crippen LogP contribution in [0.15, 0.2) is 30.6 Å². The Bertz CT molecular complexity index is 681. The minimum atomic E-state index is -1.40. The molecule has 1 aliphatic heterocycles. The van der Waals surface area contributed by atoms with Crippen LogP contribution in [0.4, 0.5) is 5.95 Å². The molecule has 2 heterocycles. The minimum Gasteiger partial charge on any atom is -0.370 e. The molecule has 0 aliphatic carbocycles. The fraction of sp³-hybridized carbons (Fsp3) is 0.357. The van der Waals surface area contributed by atoms with E-state index >= 15 is 0 Å². The van der Waals surface area contributed by atoms with Gasteiger partial charge in [0.25, 0.3) is 0 Å². The van der Waals surface area contributed by atoms with Crippen molar-refractivity contribution in [3.63, 3.8) is 0 Å². The van der Waals surface area contributed by atoms with Crippen molar-refractivity contribution < 1.29 is 9.90 Å². The Labute approximate surface area is 126 Å². The molecule has 0 saturated carbocycles. The molecular weight excluding hydrogens is 292 g/mol. The van der Waals surface area contributed by atoms with Gasteiger partial charge >= 0.3 is 0 Å². The highest BCUT2D eigenvalue weighted by Crippen LogP contribution is 2.40. The van der Waals surface area contributed by atoms with Crippen LogP contribution >= 0.6 is 11.6 Å². The van der Waals surface area contributed by atoms with Crippen LogP contribution in [0.25, 0.3) is 0 Å². The van der Waals surface area contributed by atoms with E-state index in [1.807, 2.05) is 12.1 Å². The Hall–Kier alpha value is -1.92. The maximum atomic E-state index is 12.1. The van der Waals surface area contributed by atoms with Gasteiger partial charge in [-0.1, -0.05) is 23.7 Å². The van der Waals surface area contributed by atoms with Crippen molar-refractivity contribution in [2.45, 2.75) is 25.6 Å². The number of aliphatic hydroxyl groups is 1. The van der Waals surface area contributed by atoms with Crippen LogP contribution in [0.3, 0.4) is 0 Å². The molecule has 2 N–H and O–H groups in total. The van der Waals surface area contributed by atoms with Crippen LogP contribution in [0.1, 0.15) is 25.5 Å². The molecule has 0 fully saturated rings. The number of nitrogens with one attached hydrogen (secondary N) is 1. The Kier molecular flexibility index (Phi) is 3.22. The van der Waals surface area contributed by atoms with Crippen molar-refractivity contribution in [3.8, 4) is 0 Å². The molecule has 3 rings (SSSR count). The average Bonchev–Trinajstić information content (AvgIpc) is 2.84. The summed E-state index contributed by atoms with van der Waals surface area (Å²) in [6, 6.07) is 6.72. The van der Waals surface area contributed by atoms with Crippen LogP contribution in [0, 0.1) is 5.92 Å². The summed E-state index contributed by atoms with van der Waals surface area (Å²) in [6.07, 6.45) is 1.39. The van der Waals surface area contributed by atoms with E-state index in [-0.39, 0.29) is 5.78 Å². The third-order valence-electron chi connectivity index (χ3n) is 3.77. The van der Waals surface area contributed by atoms with Gasteiger partial charge in [0.15, 0.2) is 0 Å². The van der Waals surface area contributed by atoms with Gasteiger partial charge in [0.2, 0.25) is 5.95 Å². The number of halogens is 1. The maximum Gasteiger partial charge on any atom is 0.223 e. The number of carbonyl (C=O) groups is 1. The predicted octanol–water partition coefficient (Wildman–Crippen LogP) is 1.86. The fourth-order valence-corrected chi connectivity index (χ4v) is 3.03. The Morgan fingerprint density at radius 1 is 1.43 bits per heavy atom. The highest BCUT2D eigenvalue weighted by Gasteiger charge is 2.48. The van der Waals surface area contributed by atoms with E-state index in [1.54, 1.807) is 23.7 Å². The maximum absolute atomic E-state index is 12.1. The van der Waals surface area contributed by atoms with E-state index in [0.717, 1.165) is 5.56 Å². The summed E-state index contributed by atoms with van der Waals surface area (Å²) in [4.78, 5) is 16.2. The van der Waals surface area contributed by atoms with E-state index in [9.17, 15) is 9.90 Å². The summed E-state index contributed by atoms with van der Waals surface area (Å²) in [5, 5.41) is 18.3. The zero-order valence-corrected chi connectivity index (χ0v) is 12.4. The summed E-state index contributed by atoms with van der Waals surface area (Å²) in [6.45, 7) is 3.03. The zero-order valence-electron chi connectivity index (χ0n) is 11.6. The molecule has 0 spiro atoms.